The molecular weight excluding hydrogens is 436 g/mol. The van der Waals surface area contributed by atoms with E-state index in [1.807, 2.05) is 30.3 Å². The van der Waals surface area contributed by atoms with Gasteiger partial charge in [0.2, 0.25) is 5.91 Å². The van der Waals surface area contributed by atoms with E-state index in [1.54, 1.807) is 41.5 Å². The van der Waals surface area contributed by atoms with Gasteiger partial charge in [0.15, 0.2) is 11.5 Å². The molecule has 3 aromatic rings. The van der Waals surface area contributed by atoms with E-state index in [4.69, 9.17) is 15.2 Å². The number of morpholine rings is 1. The fourth-order valence-electron chi connectivity index (χ4n) is 3.67. The first-order valence-corrected chi connectivity index (χ1v) is 11.3. The van der Waals surface area contributed by atoms with Crippen LogP contribution >= 0.6 is 0 Å². The molecule has 3 heterocycles. The molecule has 1 atom stereocenters. The fourth-order valence-corrected chi connectivity index (χ4v) is 3.67. The van der Waals surface area contributed by atoms with Crippen LogP contribution in [0.3, 0.4) is 0 Å². The number of hydrogen-bond acceptors (Lipinski definition) is 7. The summed E-state index contributed by atoms with van der Waals surface area (Å²) in [4.78, 5) is 27.6. The lowest BCUT2D eigenvalue weighted by Gasteiger charge is -2.27. The molecule has 2 amide bonds. The number of amides is 2. The van der Waals surface area contributed by atoms with Crippen LogP contribution in [-0.2, 0) is 20.9 Å². The Kier molecular flexibility index (Phi) is 7.20. The molecule has 180 valence electrons. The molecule has 1 fully saturated rings. The summed E-state index contributed by atoms with van der Waals surface area (Å²) < 4.78 is 13.0. The van der Waals surface area contributed by atoms with Crippen LogP contribution in [0.5, 0.6) is 0 Å². The van der Waals surface area contributed by atoms with Crippen molar-refractivity contribution in [3.8, 4) is 0 Å². The topological polar surface area (TPSA) is 124 Å². The number of nitrogens with two attached hydrogens (primary N) is 1. The van der Waals surface area contributed by atoms with Crippen molar-refractivity contribution in [3.05, 3.63) is 65.6 Å². The standard InChI is InChI=1S/C24H30N6O4/c1-24(2,25)23(32)26-19(16-34-15-17-7-4-3-5-8-17)21-28-27-20-18(9-6-10-30(20)21)22(31)29-11-13-33-14-12-29/h3-10,19H,11-16,25H2,1-2H3,(H,26,32)/t19-/m1/s1. The van der Waals surface area contributed by atoms with Gasteiger partial charge in [-0.25, -0.2) is 0 Å². The van der Waals surface area contributed by atoms with Gasteiger partial charge in [-0.05, 0) is 31.5 Å². The van der Waals surface area contributed by atoms with Crippen LogP contribution in [0.25, 0.3) is 5.65 Å². The van der Waals surface area contributed by atoms with E-state index < -0.39 is 11.6 Å². The number of nitrogens with one attached hydrogen (secondary N) is 1. The fraction of sp³-hybridized carbons (Fsp3) is 0.417. The number of aromatic nitrogens is 3. The van der Waals surface area contributed by atoms with E-state index in [-0.39, 0.29) is 18.4 Å². The van der Waals surface area contributed by atoms with Crippen molar-refractivity contribution in [1.29, 1.82) is 0 Å². The predicted octanol–water partition coefficient (Wildman–Crippen LogP) is 1.31. The maximum atomic E-state index is 13.1. The molecule has 0 bridgehead atoms. The number of carbonyl (C=O) groups is 2. The van der Waals surface area contributed by atoms with Crippen molar-refractivity contribution in [2.75, 3.05) is 32.9 Å². The smallest absolute Gasteiger partial charge is 0.257 e. The number of carbonyl (C=O) groups excluding carboxylic acids is 2. The zero-order valence-electron chi connectivity index (χ0n) is 19.4. The Hall–Kier alpha value is -3.34. The molecule has 0 saturated carbocycles. The number of ether oxygens (including phenoxy) is 2. The maximum Gasteiger partial charge on any atom is 0.257 e. The quantitative estimate of drug-likeness (QED) is 0.513. The number of benzene rings is 1. The van der Waals surface area contributed by atoms with Crippen LogP contribution in [0.15, 0.2) is 48.7 Å². The van der Waals surface area contributed by atoms with E-state index in [0.29, 0.717) is 49.9 Å². The van der Waals surface area contributed by atoms with Gasteiger partial charge in [0.25, 0.3) is 5.91 Å². The first kappa shape index (κ1) is 23.8. The third-order valence-corrected chi connectivity index (χ3v) is 5.59. The summed E-state index contributed by atoms with van der Waals surface area (Å²) in [7, 11) is 0. The van der Waals surface area contributed by atoms with Gasteiger partial charge in [0.1, 0.15) is 6.04 Å². The van der Waals surface area contributed by atoms with Gasteiger partial charge in [-0.3, -0.25) is 14.0 Å². The minimum Gasteiger partial charge on any atom is -0.378 e. The normalized spacial score (nSPS) is 15.3. The van der Waals surface area contributed by atoms with Crippen molar-refractivity contribution >= 4 is 17.5 Å². The number of fused-ring (bicyclic) bond motifs is 1. The summed E-state index contributed by atoms with van der Waals surface area (Å²) in [5.41, 5.74) is 6.79. The molecule has 1 aliphatic heterocycles. The maximum absolute atomic E-state index is 13.1. The lowest BCUT2D eigenvalue weighted by molar-refractivity contribution is -0.126. The van der Waals surface area contributed by atoms with E-state index >= 15 is 0 Å². The summed E-state index contributed by atoms with van der Waals surface area (Å²) in [6, 6.07) is 12.6. The lowest BCUT2D eigenvalue weighted by atomic mass is 10.1. The van der Waals surface area contributed by atoms with Crippen LogP contribution < -0.4 is 11.1 Å². The number of rotatable bonds is 8. The Bertz CT molecular complexity index is 1140. The van der Waals surface area contributed by atoms with E-state index in [9.17, 15) is 9.59 Å². The Morgan fingerprint density at radius 1 is 1.15 bits per heavy atom. The average molecular weight is 467 g/mol. The minimum atomic E-state index is -1.09. The Balaban J connectivity index is 1.60. The van der Waals surface area contributed by atoms with Gasteiger partial charge < -0.3 is 25.4 Å². The highest BCUT2D eigenvalue weighted by Gasteiger charge is 2.29. The molecule has 0 spiro atoms. The summed E-state index contributed by atoms with van der Waals surface area (Å²) in [5.74, 6) is -0.0211. The molecule has 1 aliphatic rings. The van der Waals surface area contributed by atoms with Gasteiger partial charge in [-0.2, -0.15) is 0 Å². The second-order valence-electron chi connectivity index (χ2n) is 8.83. The molecule has 4 rings (SSSR count). The number of nitrogens with zero attached hydrogens (tertiary/aromatic N) is 4. The summed E-state index contributed by atoms with van der Waals surface area (Å²) >= 11 is 0. The van der Waals surface area contributed by atoms with Gasteiger partial charge in [-0.1, -0.05) is 30.3 Å². The summed E-state index contributed by atoms with van der Waals surface area (Å²) in [6.07, 6.45) is 1.77. The molecule has 0 radical (unpaired) electrons. The number of pyridine rings is 1. The van der Waals surface area contributed by atoms with Crippen LogP contribution in [0.1, 0.15) is 41.6 Å². The van der Waals surface area contributed by atoms with Crippen LogP contribution in [-0.4, -0.2) is 69.8 Å². The van der Waals surface area contributed by atoms with Crippen molar-refractivity contribution in [1.82, 2.24) is 24.8 Å². The first-order valence-electron chi connectivity index (χ1n) is 11.3. The largest absolute Gasteiger partial charge is 0.378 e. The molecule has 10 nitrogen and oxygen atoms in total. The van der Waals surface area contributed by atoms with Crippen molar-refractivity contribution < 1.29 is 19.1 Å². The SMILES string of the molecule is CC(C)(N)C(=O)N[C@H](COCc1ccccc1)c1nnc2c(C(=O)N3CCOCC3)cccn12. The second kappa shape index (κ2) is 10.3. The minimum absolute atomic E-state index is 0.128. The lowest BCUT2D eigenvalue weighted by Crippen LogP contribution is -2.50. The highest BCUT2D eigenvalue weighted by Crippen LogP contribution is 2.19. The van der Waals surface area contributed by atoms with Gasteiger partial charge in [0, 0.05) is 19.3 Å². The van der Waals surface area contributed by atoms with Crippen LogP contribution in [0.4, 0.5) is 0 Å². The summed E-state index contributed by atoms with van der Waals surface area (Å²) in [5, 5.41) is 11.5. The van der Waals surface area contributed by atoms with Crippen LogP contribution in [0, 0.1) is 0 Å². The number of hydrogen-bond donors (Lipinski definition) is 2. The van der Waals surface area contributed by atoms with E-state index in [1.165, 1.54) is 0 Å². The molecular formula is C24H30N6O4. The highest BCUT2D eigenvalue weighted by molar-refractivity contribution is 5.99. The average Bonchev–Trinajstić information content (AvgIpc) is 3.28. The van der Waals surface area contributed by atoms with Crippen molar-refractivity contribution in [3.63, 3.8) is 0 Å². The zero-order chi connectivity index (χ0) is 24.1. The molecule has 0 aliphatic carbocycles. The van der Waals surface area contributed by atoms with E-state index in [0.717, 1.165) is 5.56 Å². The van der Waals surface area contributed by atoms with Crippen LogP contribution in [0.2, 0.25) is 0 Å². The van der Waals surface area contributed by atoms with Gasteiger partial charge >= 0.3 is 0 Å². The van der Waals surface area contributed by atoms with Gasteiger partial charge in [0.05, 0.1) is 37.5 Å². The first-order chi connectivity index (χ1) is 16.3. The van der Waals surface area contributed by atoms with Crippen molar-refractivity contribution in [2.24, 2.45) is 5.73 Å². The molecule has 3 N–H and O–H groups in total. The highest BCUT2D eigenvalue weighted by atomic mass is 16.5. The Labute approximate surface area is 198 Å². The second-order valence-corrected chi connectivity index (χ2v) is 8.83. The Morgan fingerprint density at radius 3 is 2.59 bits per heavy atom. The molecule has 0 unspecified atom stereocenters. The molecule has 10 heteroatoms. The molecule has 1 saturated heterocycles. The molecule has 2 aromatic heterocycles. The Morgan fingerprint density at radius 2 is 1.88 bits per heavy atom. The zero-order valence-corrected chi connectivity index (χ0v) is 19.4. The molecule has 34 heavy (non-hydrogen) atoms. The van der Waals surface area contributed by atoms with E-state index in [2.05, 4.69) is 15.5 Å². The monoisotopic (exact) mass is 466 g/mol. The molecule has 1 aromatic carbocycles. The third-order valence-electron chi connectivity index (χ3n) is 5.59. The predicted molar refractivity (Wildman–Crippen MR) is 125 cm³/mol. The van der Waals surface area contributed by atoms with Gasteiger partial charge in [-0.15, -0.1) is 10.2 Å². The summed E-state index contributed by atoms with van der Waals surface area (Å²) in [6.45, 7) is 5.85. The van der Waals surface area contributed by atoms with Crippen molar-refractivity contribution in [2.45, 2.75) is 32.0 Å². The third kappa shape index (κ3) is 5.41.